The number of aryl methyl sites for hydroxylation is 4. The summed E-state index contributed by atoms with van der Waals surface area (Å²) in [7, 11) is -0.602. The Bertz CT molecular complexity index is 3160. The fourth-order valence-electron chi connectivity index (χ4n) is 12.8. The first-order valence-electron chi connectivity index (χ1n) is 37.7. The first-order valence-corrected chi connectivity index (χ1v) is 46.0. The summed E-state index contributed by atoms with van der Waals surface area (Å²) in [5.74, 6) is 0. The van der Waals surface area contributed by atoms with Gasteiger partial charge in [0.05, 0.1) is 38.0 Å². The minimum Gasteiger partial charge on any atom is -0.399 e. The van der Waals surface area contributed by atoms with Crippen molar-refractivity contribution in [3.05, 3.63) is 89.1 Å². The SMILES string of the molecule is CC1(C)OB(c2cc3cc(B4OC(C)(C)C(C)(C)O4)sc3s2)OC1(C)C.CCCCCCCCCCc1cc(-c2cc(CCCCCCCCCC)c(Br)s2)sc1Br.CCCCCCCCCCc1ccsc1-c1cc2cc(-c3sccc3CCCCCCCCCC)sc2s1. The average Bonchev–Trinajstić information content (AvgIpc) is 1.61. The molecule has 16 heteroatoms. The van der Waals surface area contributed by atoms with Crippen molar-refractivity contribution in [1.82, 2.24) is 0 Å². The fraction of sp³-hybridized carbons (Fsp3) is 0.650. The molecule has 2 aliphatic heterocycles. The summed E-state index contributed by atoms with van der Waals surface area (Å²) < 4.78 is 32.4. The highest BCUT2D eigenvalue weighted by Crippen LogP contribution is 2.48. The molecule has 2 fully saturated rings. The van der Waals surface area contributed by atoms with E-state index in [9.17, 15) is 0 Å². The Balaban J connectivity index is 0.000000187. The summed E-state index contributed by atoms with van der Waals surface area (Å²) in [6, 6.07) is 18.9. The van der Waals surface area contributed by atoms with Crippen molar-refractivity contribution in [2.24, 2.45) is 0 Å². The normalized spacial score (nSPS) is 15.6. The molecular weight excluding hydrogens is 1460 g/mol. The zero-order chi connectivity index (χ0) is 68.6. The molecule has 10 rings (SSSR count). The lowest BCUT2D eigenvalue weighted by atomic mass is 9.86. The van der Waals surface area contributed by atoms with E-state index in [0.29, 0.717) is 0 Å². The van der Waals surface area contributed by atoms with Gasteiger partial charge in [0, 0.05) is 49.6 Å². The highest BCUT2D eigenvalue weighted by molar-refractivity contribution is 9.11. The van der Waals surface area contributed by atoms with Crippen LogP contribution in [0, 0.1) is 0 Å². The van der Waals surface area contributed by atoms with Gasteiger partial charge < -0.3 is 18.6 Å². The third-order valence-electron chi connectivity index (χ3n) is 20.3. The number of hydrogen-bond acceptors (Lipinski definition) is 12. The Morgan fingerprint density at radius 1 is 0.312 bits per heavy atom. The van der Waals surface area contributed by atoms with Crippen LogP contribution in [-0.4, -0.2) is 36.6 Å². The Kier molecular flexibility index (Phi) is 34.4. The lowest BCUT2D eigenvalue weighted by molar-refractivity contribution is 0.00578. The van der Waals surface area contributed by atoms with Crippen molar-refractivity contribution in [2.75, 3.05) is 0 Å². The fourth-order valence-corrected chi connectivity index (χ4v) is 23.5. The predicted molar refractivity (Wildman–Crippen MR) is 446 cm³/mol. The van der Waals surface area contributed by atoms with Gasteiger partial charge in [-0.05, 0) is 220 Å². The van der Waals surface area contributed by atoms with E-state index in [0.717, 1.165) is 9.55 Å². The Morgan fingerprint density at radius 2 is 0.583 bits per heavy atom. The summed E-state index contributed by atoms with van der Waals surface area (Å²) in [4.78, 5) is 8.86. The van der Waals surface area contributed by atoms with Crippen molar-refractivity contribution in [3.8, 4) is 29.3 Å². The molecule has 0 radical (unpaired) electrons. The second kappa shape index (κ2) is 40.9. The Labute approximate surface area is 632 Å². The molecule has 530 valence electrons. The monoisotopic (exact) mass is 1580 g/mol. The van der Waals surface area contributed by atoms with Crippen LogP contribution in [0.25, 0.3) is 48.1 Å². The van der Waals surface area contributed by atoms with E-state index in [4.69, 9.17) is 18.6 Å². The summed E-state index contributed by atoms with van der Waals surface area (Å²) in [6.45, 7) is 25.8. The highest BCUT2D eigenvalue weighted by Gasteiger charge is 2.54. The maximum Gasteiger partial charge on any atom is 0.505 e. The summed E-state index contributed by atoms with van der Waals surface area (Å²) in [5, 5.41) is 7.26. The van der Waals surface area contributed by atoms with Crippen LogP contribution >= 0.6 is 123 Å². The van der Waals surface area contributed by atoms with Crippen LogP contribution in [0.2, 0.25) is 0 Å². The maximum atomic E-state index is 6.18. The van der Waals surface area contributed by atoms with Crippen LogP contribution in [0.5, 0.6) is 0 Å². The number of unbranched alkanes of at least 4 members (excludes halogenated alkanes) is 28. The van der Waals surface area contributed by atoms with Gasteiger partial charge in [-0.25, -0.2) is 0 Å². The second-order valence-corrected chi connectivity index (χ2v) is 40.8. The van der Waals surface area contributed by atoms with Crippen molar-refractivity contribution in [1.29, 1.82) is 0 Å². The quantitative estimate of drug-likeness (QED) is 0.0283. The predicted octanol–water partition coefficient (Wildman–Crippen LogP) is 29.7. The molecule has 4 nitrogen and oxygen atoms in total. The minimum atomic E-state index is -0.317. The molecule has 0 aromatic carbocycles. The molecule has 2 saturated heterocycles. The van der Waals surface area contributed by atoms with Crippen LogP contribution in [-0.2, 0) is 44.3 Å². The van der Waals surface area contributed by atoms with Gasteiger partial charge in [-0.3, -0.25) is 0 Å². The van der Waals surface area contributed by atoms with Crippen LogP contribution in [0.1, 0.15) is 311 Å². The Hall–Kier alpha value is -0.950. The summed E-state index contributed by atoms with van der Waals surface area (Å²) in [5.41, 5.74) is 4.88. The van der Waals surface area contributed by atoms with Crippen molar-refractivity contribution in [3.63, 3.8) is 0 Å². The van der Waals surface area contributed by atoms with E-state index in [-0.39, 0.29) is 36.6 Å². The maximum absolute atomic E-state index is 6.18. The number of thiophene rings is 8. The lowest BCUT2D eigenvalue weighted by Gasteiger charge is -2.32. The van der Waals surface area contributed by atoms with Crippen LogP contribution in [0.4, 0.5) is 0 Å². The molecule has 10 heterocycles. The molecule has 0 amide bonds. The van der Waals surface area contributed by atoms with E-state index in [1.165, 1.54) is 298 Å². The molecule has 8 aromatic heterocycles. The zero-order valence-electron chi connectivity index (χ0n) is 61.0. The van der Waals surface area contributed by atoms with Gasteiger partial charge >= 0.3 is 14.2 Å². The minimum absolute atomic E-state index is 0.301. The number of fused-ring (bicyclic) bond motifs is 2. The van der Waals surface area contributed by atoms with Gasteiger partial charge in [-0.1, -0.05) is 207 Å². The molecule has 0 saturated carbocycles. The number of rotatable bonds is 41. The smallest absolute Gasteiger partial charge is 0.399 e. The first-order chi connectivity index (χ1) is 46.3. The van der Waals surface area contributed by atoms with Gasteiger partial charge in [0.2, 0.25) is 0 Å². The van der Waals surface area contributed by atoms with E-state index in [2.05, 4.69) is 174 Å². The molecule has 0 spiro atoms. The van der Waals surface area contributed by atoms with E-state index >= 15 is 0 Å². The van der Waals surface area contributed by atoms with Gasteiger partial charge in [-0.2, -0.15) is 0 Å². The summed E-state index contributed by atoms with van der Waals surface area (Å²) in [6.07, 6.45) is 49.4. The van der Waals surface area contributed by atoms with Gasteiger partial charge in [0.1, 0.15) is 0 Å². The molecule has 8 aromatic rings. The van der Waals surface area contributed by atoms with Gasteiger partial charge in [-0.15, -0.1) is 90.7 Å². The zero-order valence-corrected chi connectivity index (χ0v) is 70.7. The standard InChI is InChI=1S/C34H48S4.C28H44Br2S2.C18H26B2O4S2/c1-3-5-7-9-11-13-15-17-19-27-21-23-35-32(27)30-25-29-26-31(38-34(29)37-30)33-28(22-24-36-33)20-18-16-14-12-10-8-6-4-2;1-3-5-7-9-11-13-15-17-19-23-21-25(31-27(23)29)26-22-24(28(30)32-26)20-18-16-14-12-10-8-6-4-2;1-15(2)16(3,4)22-19(21-15)12-9-11-10-13(26-14(11)25-12)20-23-17(5,6)18(7,8)24-20/h21-26H,3-20H2,1-2H3;21-22H,3-20H2,1-2H3;9-10H,1-8H3. The second-order valence-electron chi connectivity index (χ2n) is 29.4. The van der Waals surface area contributed by atoms with Gasteiger partial charge in [0.15, 0.2) is 0 Å². The van der Waals surface area contributed by atoms with Crippen molar-refractivity contribution >= 4 is 165 Å². The van der Waals surface area contributed by atoms with Crippen LogP contribution < -0.4 is 9.55 Å². The highest BCUT2D eigenvalue weighted by atomic mass is 79.9. The molecule has 0 N–H and O–H groups in total. The van der Waals surface area contributed by atoms with E-state index in [1.54, 1.807) is 33.8 Å². The molecule has 0 aliphatic carbocycles. The average molecular weight is 1580 g/mol. The first kappa shape index (κ1) is 80.7. The van der Waals surface area contributed by atoms with E-state index in [1.807, 2.05) is 68.0 Å². The number of halogens is 2. The number of hydrogen-bond donors (Lipinski definition) is 0. The third kappa shape index (κ3) is 24.1. The molecular formula is C80H118B2Br2O4S8. The van der Waals surface area contributed by atoms with Crippen molar-refractivity contribution < 1.29 is 18.6 Å². The van der Waals surface area contributed by atoms with Gasteiger partial charge in [0.25, 0.3) is 0 Å². The third-order valence-corrected chi connectivity index (χ3v) is 31.6. The molecule has 96 heavy (non-hydrogen) atoms. The van der Waals surface area contributed by atoms with Crippen LogP contribution in [0.15, 0.2) is 66.9 Å². The lowest BCUT2D eigenvalue weighted by Crippen LogP contribution is -2.41. The van der Waals surface area contributed by atoms with Crippen LogP contribution in [0.3, 0.4) is 0 Å². The Morgan fingerprint density at radius 3 is 0.875 bits per heavy atom. The molecule has 0 bridgehead atoms. The van der Waals surface area contributed by atoms with E-state index < -0.39 is 0 Å². The largest absolute Gasteiger partial charge is 0.505 e. The summed E-state index contributed by atoms with van der Waals surface area (Å²) >= 11 is 22.9. The topological polar surface area (TPSA) is 36.9 Å². The van der Waals surface area contributed by atoms with Crippen molar-refractivity contribution in [2.45, 2.75) is 337 Å². The molecule has 0 atom stereocenters. The molecule has 2 aliphatic rings. The molecule has 0 unspecified atom stereocenters.